The minimum atomic E-state index is -0.899. The summed E-state index contributed by atoms with van der Waals surface area (Å²) in [5.74, 6) is -0.899. The van der Waals surface area contributed by atoms with E-state index in [2.05, 4.69) is 6.92 Å². The zero-order valence-electron chi connectivity index (χ0n) is 8.09. The van der Waals surface area contributed by atoms with Crippen LogP contribution >= 0.6 is 23.2 Å². The van der Waals surface area contributed by atoms with E-state index < -0.39 is 5.97 Å². The van der Waals surface area contributed by atoms with Gasteiger partial charge in [0.25, 0.3) is 0 Å². The van der Waals surface area contributed by atoms with Crippen molar-refractivity contribution in [2.45, 2.75) is 32.6 Å². The van der Waals surface area contributed by atoms with E-state index in [0.29, 0.717) is 5.57 Å². The fraction of sp³-hybridized carbons (Fsp3) is 0.500. The van der Waals surface area contributed by atoms with E-state index in [4.69, 9.17) is 28.3 Å². The Morgan fingerprint density at radius 3 is 2.21 bits per heavy atom. The summed E-state index contributed by atoms with van der Waals surface area (Å²) in [6.07, 6.45) is 2.71. The number of rotatable bonds is 6. The molecule has 0 heterocycles. The molecule has 0 aliphatic carbocycles. The molecule has 0 radical (unpaired) electrons. The number of halogens is 2. The van der Waals surface area contributed by atoms with Gasteiger partial charge in [0.05, 0.1) is 6.42 Å². The molecular weight excluding hydrogens is 223 g/mol. The molecule has 2 nitrogen and oxygen atoms in total. The Kier molecular flexibility index (Phi) is 7.63. The van der Waals surface area contributed by atoms with E-state index in [0.717, 1.165) is 24.8 Å². The zero-order valence-corrected chi connectivity index (χ0v) is 9.61. The van der Waals surface area contributed by atoms with Crippen molar-refractivity contribution in [1.29, 1.82) is 0 Å². The van der Waals surface area contributed by atoms with Crippen LogP contribution in [0.3, 0.4) is 0 Å². The first-order chi connectivity index (χ1) is 6.65. The van der Waals surface area contributed by atoms with Crippen LogP contribution in [-0.4, -0.2) is 11.1 Å². The smallest absolute Gasteiger partial charge is 0.307 e. The largest absolute Gasteiger partial charge is 0.481 e. The number of aliphatic carboxylic acids is 1. The van der Waals surface area contributed by atoms with Crippen LogP contribution in [0.1, 0.15) is 32.6 Å². The van der Waals surface area contributed by atoms with Gasteiger partial charge in [-0.3, -0.25) is 4.79 Å². The van der Waals surface area contributed by atoms with E-state index in [1.807, 2.05) is 0 Å². The minimum absolute atomic E-state index is 0.0776. The number of hydrogen-bond donors (Lipinski definition) is 1. The molecule has 4 heteroatoms. The van der Waals surface area contributed by atoms with Gasteiger partial charge < -0.3 is 5.11 Å². The molecule has 0 saturated heterocycles. The van der Waals surface area contributed by atoms with Gasteiger partial charge in [0.15, 0.2) is 0 Å². The Balaban J connectivity index is 4.40. The second-order valence-electron chi connectivity index (χ2n) is 2.94. The van der Waals surface area contributed by atoms with Crippen LogP contribution < -0.4 is 0 Å². The summed E-state index contributed by atoms with van der Waals surface area (Å²) in [6, 6.07) is 0. The van der Waals surface area contributed by atoms with E-state index in [9.17, 15) is 4.79 Å². The number of carboxylic acids is 1. The third kappa shape index (κ3) is 5.30. The highest BCUT2D eigenvalue weighted by Gasteiger charge is 2.08. The summed E-state index contributed by atoms with van der Waals surface area (Å²) < 4.78 is 0. The molecule has 1 N–H and O–H groups in total. The second-order valence-corrected chi connectivity index (χ2v) is 3.38. The molecule has 0 aliphatic heterocycles. The van der Waals surface area contributed by atoms with Gasteiger partial charge in [-0.1, -0.05) is 36.5 Å². The third-order valence-corrected chi connectivity index (χ3v) is 2.34. The van der Waals surface area contributed by atoms with E-state index in [1.165, 1.54) is 11.1 Å². The van der Waals surface area contributed by atoms with Crippen LogP contribution in [0, 0.1) is 0 Å². The summed E-state index contributed by atoms with van der Waals surface area (Å²) in [6.45, 7) is 2.06. The molecule has 0 aromatic carbocycles. The fourth-order valence-electron chi connectivity index (χ4n) is 1.04. The van der Waals surface area contributed by atoms with E-state index in [1.54, 1.807) is 0 Å². The van der Waals surface area contributed by atoms with Crippen LogP contribution in [0.2, 0.25) is 0 Å². The maximum atomic E-state index is 10.5. The predicted octanol–water partition coefficient (Wildman–Crippen LogP) is 3.90. The van der Waals surface area contributed by atoms with E-state index >= 15 is 0 Å². The lowest BCUT2D eigenvalue weighted by Gasteiger charge is -2.07. The van der Waals surface area contributed by atoms with Gasteiger partial charge in [0.1, 0.15) is 0 Å². The molecule has 0 amide bonds. The van der Waals surface area contributed by atoms with E-state index in [-0.39, 0.29) is 6.42 Å². The average molecular weight is 237 g/mol. The molecule has 0 saturated carbocycles. The first-order valence-corrected chi connectivity index (χ1v) is 5.33. The maximum Gasteiger partial charge on any atom is 0.307 e. The molecule has 0 rings (SSSR count). The van der Waals surface area contributed by atoms with Crippen LogP contribution in [0.4, 0.5) is 0 Å². The molecule has 80 valence electrons. The molecule has 0 atom stereocenters. The fourth-order valence-corrected chi connectivity index (χ4v) is 1.50. The first kappa shape index (κ1) is 13.5. The normalized spacial score (nSPS) is 13.1. The van der Waals surface area contributed by atoms with Crippen LogP contribution in [0.25, 0.3) is 0 Å². The summed E-state index contributed by atoms with van der Waals surface area (Å²) in [7, 11) is 0. The van der Waals surface area contributed by atoms with Crippen molar-refractivity contribution < 1.29 is 9.90 Å². The second kappa shape index (κ2) is 7.89. The highest BCUT2D eigenvalue weighted by atomic mass is 35.5. The molecule has 0 fully saturated rings. The topological polar surface area (TPSA) is 37.3 Å². The minimum Gasteiger partial charge on any atom is -0.481 e. The van der Waals surface area contributed by atoms with Gasteiger partial charge in [0.2, 0.25) is 0 Å². The quantitative estimate of drug-likeness (QED) is 0.711. The molecule has 0 aliphatic rings. The van der Waals surface area contributed by atoms with Gasteiger partial charge in [0, 0.05) is 11.1 Å². The SMILES string of the molecule is CCCCC(=CCl)C(=CCl)CC(=O)O. The third-order valence-electron chi connectivity index (χ3n) is 1.82. The van der Waals surface area contributed by atoms with Crippen LogP contribution in [0.5, 0.6) is 0 Å². The highest BCUT2D eigenvalue weighted by Crippen LogP contribution is 2.22. The number of hydrogen-bond acceptors (Lipinski definition) is 1. The van der Waals surface area contributed by atoms with Crippen molar-refractivity contribution >= 4 is 29.2 Å². The Bertz CT molecular complexity index is 245. The summed E-state index contributed by atoms with van der Waals surface area (Å²) in [5, 5.41) is 8.62. The summed E-state index contributed by atoms with van der Waals surface area (Å²) in [4.78, 5) is 10.5. The van der Waals surface area contributed by atoms with Crippen molar-refractivity contribution in [2.75, 3.05) is 0 Å². The molecular formula is C10H14Cl2O2. The summed E-state index contributed by atoms with van der Waals surface area (Å²) in [5.41, 5.74) is 4.10. The number of carboxylic acid groups (broad SMARTS) is 1. The number of allylic oxidation sites excluding steroid dienone is 1. The van der Waals surface area contributed by atoms with Gasteiger partial charge >= 0.3 is 5.97 Å². The lowest BCUT2D eigenvalue weighted by atomic mass is 10.0. The standard InChI is InChI=1S/C10H14Cl2O2/c1-2-3-4-8(6-11)9(7-12)5-10(13)14/h6-7H,2-5H2,1H3,(H,13,14). The maximum absolute atomic E-state index is 10.5. The van der Waals surface area contributed by atoms with Gasteiger partial charge in [-0.05, 0) is 24.0 Å². The first-order valence-electron chi connectivity index (χ1n) is 4.46. The monoisotopic (exact) mass is 236 g/mol. The average Bonchev–Trinajstić information content (AvgIpc) is 2.16. The van der Waals surface area contributed by atoms with Gasteiger partial charge in [-0.25, -0.2) is 0 Å². The van der Waals surface area contributed by atoms with Gasteiger partial charge in [-0.15, -0.1) is 0 Å². The lowest BCUT2D eigenvalue weighted by Crippen LogP contribution is -1.99. The van der Waals surface area contributed by atoms with Crippen molar-refractivity contribution in [3.05, 3.63) is 22.2 Å². The van der Waals surface area contributed by atoms with Crippen LogP contribution in [-0.2, 0) is 4.79 Å². The predicted molar refractivity (Wildman–Crippen MR) is 59.6 cm³/mol. The van der Waals surface area contributed by atoms with Crippen molar-refractivity contribution in [2.24, 2.45) is 0 Å². The molecule has 14 heavy (non-hydrogen) atoms. The lowest BCUT2D eigenvalue weighted by molar-refractivity contribution is -0.136. The highest BCUT2D eigenvalue weighted by molar-refractivity contribution is 6.27. The van der Waals surface area contributed by atoms with Gasteiger partial charge in [-0.2, -0.15) is 0 Å². The molecule has 0 unspecified atom stereocenters. The summed E-state index contributed by atoms with van der Waals surface area (Å²) >= 11 is 11.1. The molecule has 0 bridgehead atoms. The van der Waals surface area contributed by atoms with Crippen molar-refractivity contribution in [3.63, 3.8) is 0 Å². The number of carbonyl (C=O) groups is 1. The number of unbranched alkanes of at least 4 members (excludes halogenated alkanes) is 1. The van der Waals surface area contributed by atoms with Crippen molar-refractivity contribution in [1.82, 2.24) is 0 Å². The Hall–Kier alpha value is -0.470. The van der Waals surface area contributed by atoms with Crippen molar-refractivity contribution in [3.8, 4) is 0 Å². The Labute approximate surface area is 94.2 Å². The molecule has 0 aromatic heterocycles. The Morgan fingerprint density at radius 1 is 1.29 bits per heavy atom. The molecule has 0 spiro atoms. The van der Waals surface area contributed by atoms with Crippen LogP contribution in [0.15, 0.2) is 22.2 Å². The Morgan fingerprint density at radius 2 is 1.86 bits per heavy atom. The molecule has 0 aromatic rings. The zero-order chi connectivity index (χ0) is 11.0.